The van der Waals surface area contributed by atoms with Gasteiger partial charge in [0.2, 0.25) is 11.8 Å². The number of thiazole rings is 1. The number of benzene rings is 1. The predicted molar refractivity (Wildman–Crippen MR) is 105 cm³/mol. The van der Waals surface area contributed by atoms with Crippen LogP contribution in [0.1, 0.15) is 12.1 Å². The topological polar surface area (TPSA) is 70.6 Å². The maximum atomic E-state index is 13.2. The van der Waals surface area contributed by atoms with Crippen molar-refractivity contribution in [3.8, 4) is 0 Å². The van der Waals surface area contributed by atoms with Crippen LogP contribution < -0.4 is 4.90 Å². The Labute approximate surface area is 166 Å². The Morgan fingerprint density at radius 3 is 2.36 bits per heavy atom. The summed E-state index contributed by atoms with van der Waals surface area (Å²) in [5.74, 6) is -1.04. The van der Waals surface area contributed by atoms with Crippen molar-refractivity contribution in [1.82, 2.24) is 9.88 Å². The molecule has 1 aromatic carbocycles. The van der Waals surface area contributed by atoms with E-state index in [0.29, 0.717) is 10.8 Å². The van der Waals surface area contributed by atoms with Gasteiger partial charge in [0.15, 0.2) is 5.13 Å². The molecule has 142 valence electrons. The molecule has 1 saturated heterocycles. The van der Waals surface area contributed by atoms with E-state index in [1.165, 1.54) is 21.1 Å². The van der Waals surface area contributed by atoms with Gasteiger partial charge in [-0.3, -0.25) is 24.2 Å². The maximum absolute atomic E-state index is 13.2. The van der Waals surface area contributed by atoms with Gasteiger partial charge in [0.05, 0.1) is 23.2 Å². The summed E-state index contributed by atoms with van der Waals surface area (Å²) in [6.07, 6.45) is 4.98. The molecule has 1 saturated carbocycles. The molecule has 2 bridgehead atoms. The number of carbonyl (C=O) groups is 3. The number of nitrogens with zero attached hydrogens (tertiary/aromatic N) is 3. The minimum Gasteiger partial charge on any atom is -0.274 e. The average molecular weight is 393 g/mol. The zero-order chi connectivity index (χ0) is 19.4. The first kappa shape index (κ1) is 17.3. The smallest absolute Gasteiger partial charge is 0.253 e. The largest absolute Gasteiger partial charge is 0.274 e. The van der Waals surface area contributed by atoms with Crippen LogP contribution in [-0.2, 0) is 14.4 Å². The third-order valence-electron chi connectivity index (χ3n) is 5.92. The number of aryl methyl sites for hydroxylation is 1. The van der Waals surface area contributed by atoms with E-state index >= 15 is 0 Å². The predicted octanol–water partition coefficient (Wildman–Crippen LogP) is 2.92. The number of fused-ring (bicyclic) bond motifs is 5. The van der Waals surface area contributed by atoms with Crippen molar-refractivity contribution in [3.05, 3.63) is 53.6 Å². The Kier molecular flexibility index (Phi) is 3.94. The molecule has 1 aliphatic heterocycles. The van der Waals surface area contributed by atoms with Crippen molar-refractivity contribution in [2.45, 2.75) is 13.3 Å². The first-order valence-corrected chi connectivity index (χ1v) is 10.3. The van der Waals surface area contributed by atoms with Gasteiger partial charge in [-0.2, -0.15) is 0 Å². The summed E-state index contributed by atoms with van der Waals surface area (Å²) >= 11 is 1.36. The Bertz CT molecular complexity index is 969. The molecule has 0 N–H and O–H groups in total. The van der Waals surface area contributed by atoms with Gasteiger partial charge < -0.3 is 0 Å². The number of para-hydroxylation sites is 1. The van der Waals surface area contributed by atoms with E-state index in [9.17, 15) is 14.4 Å². The van der Waals surface area contributed by atoms with E-state index in [2.05, 4.69) is 17.1 Å². The van der Waals surface area contributed by atoms with Crippen LogP contribution in [0.5, 0.6) is 0 Å². The molecule has 4 atom stereocenters. The molecule has 5 rings (SSSR count). The number of imide groups is 1. The van der Waals surface area contributed by atoms with Gasteiger partial charge in [0.25, 0.3) is 5.91 Å². The maximum Gasteiger partial charge on any atom is 0.253 e. The van der Waals surface area contributed by atoms with Gasteiger partial charge >= 0.3 is 0 Å². The lowest BCUT2D eigenvalue weighted by Crippen LogP contribution is -2.42. The summed E-state index contributed by atoms with van der Waals surface area (Å²) in [5.41, 5.74) is 1.49. The molecule has 28 heavy (non-hydrogen) atoms. The SMILES string of the molecule is Cc1csc(N(C(=O)CN2C(=O)C3C4C=CC(C4)C3C2=O)c2ccccc2)n1. The highest BCUT2D eigenvalue weighted by Gasteiger charge is 2.59. The van der Waals surface area contributed by atoms with Crippen LogP contribution in [0, 0.1) is 30.6 Å². The first-order chi connectivity index (χ1) is 13.5. The van der Waals surface area contributed by atoms with Crippen LogP contribution in [0.25, 0.3) is 0 Å². The van der Waals surface area contributed by atoms with Gasteiger partial charge in [-0.15, -0.1) is 11.3 Å². The van der Waals surface area contributed by atoms with E-state index < -0.39 is 0 Å². The van der Waals surface area contributed by atoms with Crippen LogP contribution in [0.4, 0.5) is 10.8 Å². The summed E-state index contributed by atoms with van der Waals surface area (Å²) in [4.78, 5) is 46.2. The number of amides is 3. The summed E-state index contributed by atoms with van der Waals surface area (Å²) in [6, 6.07) is 9.20. The second-order valence-electron chi connectivity index (χ2n) is 7.60. The summed E-state index contributed by atoms with van der Waals surface area (Å²) in [7, 11) is 0. The third-order valence-corrected chi connectivity index (χ3v) is 6.86. The second-order valence-corrected chi connectivity index (χ2v) is 8.44. The molecule has 7 heteroatoms. The monoisotopic (exact) mass is 393 g/mol. The molecule has 3 amide bonds. The molecule has 3 aliphatic rings. The Balaban J connectivity index is 1.43. The summed E-state index contributed by atoms with van der Waals surface area (Å²) < 4.78 is 0. The fourth-order valence-electron chi connectivity index (χ4n) is 4.71. The molecule has 4 unspecified atom stereocenters. The van der Waals surface area contributed by atoms with E-state index in [-0.39, 0.29) is 47.9 Å². The number of aromatic nitrogens is 1. The van der Waals surface area contributed by atoms with Crippen LogP contribution in [0.15, 0.2) is 47.9 Å². The van der Waals surface area contributed by atoms with Gasteiger partial charge in [-0.05, 0) is 37.3 Å². The Hall–Kier alpha value is -2.80. The van der Waals surface area contributed by atoms with Crippen LogP contribution in [-0.4, -0.2) is 34.2 Å². The van der Waals surface area contributed by atoms with Crippen molar-refractivity contribution in [2.75, 3.05) is 11.4 Å². The lowest BCUT2D eigenvalue weighted by Gasteiger charge is -2.23. The van der Waals surface area contributed by atoms with Crippen LogP contribution >= 0.6 is 11.3 Å². The van der Waals surface area contributed by atoms with Crippen molar-refractivity contribution in [3.63, 3.8) is 0 Å². The molecule has 2 aliphatic carbocycles. The van der Waals surface area contributed by atoms with E-state index in [1.54, 1.807) is 0 Å². The highest BCUT2D eigenvalue weighted by Crippen LogP contribution is 2.52. The van der Waals surface area contributed by atoms with E-state index in [0.717, 1.165) is 12.1 Å². The van der Waals surface area contributed by atoms with Crippen molar-refractivity contribution in [1.29, 1.82) is 0 Å². The quantitative estimate of drug-likeness (QED) is 0.592. The highest BCUT2D eigenvalue weighted by molar-refractivity contribution is 7.14. The molecular formula is C21H19N3O3S. The lowest BCUT2D eigenvalue weighted by molar-refractivity contribution is -0.143. The lowest BCUT2D eigenvalue weighted by atomic mass is 9.85. The molecule has 2 fully saturated rings. The molecule has 2 heterocycles. The van der Waals surface area contributed by atoms with Gasteiger partial charge in [0.1, 0.15) is 6.54 Å². The van der Waals surface area contributed by atoms with Gasteiger partial charge in [-0.1, -0.05) is 30.4 Å². The number of hydrogen-bond donors (Lipinski definition) is 0. The highest BCUT2D eigenvalue weighted by atomic mass is 32.1. The van der Waals surface area contributed by atoms with Gasteiger partial charge in [0, 0.05) is 5.38 Å². The minimum absolute atomic E-state index is 0.137. The van der Waals surface area contributed by atoms with Crippen LogP contribution in [0.2, 0.25) is 0 Å². The number of carbonyl (C=O) groups excluding carboxylic acids is 3. The normalized spacial score (nSPS) is 27.5. The number of hydrogen-bond acceptors (Lipinski definition) is 5. The summed E-state index contributed by atoms with van der Waals surface area (Å²) in [5, 5.41) is 2.41. The fraction of sp³-hybridized carbons (Fsp3) is 0.333. The molecule has 2 aromatic rings. The molecule has 6 nitrogen and oxygen atoms in total. The summed E-state index contributed by atoms with van der Waals surface area (Å²) in [6.45, 7) is 1.61. The average Bonchev–Trinajstić information content (AvgIpc) is 3.45. The standard InChI is InChI=1S/C21H19N3O3S/c1-12-11-28-21(22-12)24(15-5-3-2-4-6-15)16(25)10-23-19(26)17-13-7-8-14(9-13)18(17)20(23)27/h2-8,11,13-14,17-18H,9-10H2,1H3. The van der Waals surface area contributed by atoms with Crippen molar-refractivity contribution >= 4 is 39.9 Å². The Morgan fingerprint density at radius 2 is 1.79 bits per heavy atom. The second kappa shape index (κ2) is 6.38. The zero-order valence-electron chi connectivity index (χ0n) is 15.3. The number of anilines is 2. The third kappa shape index (κ3) is 2.53. The molecule has 1 aromatic heterocycles. The Morgan fingerprint density at radius 1 is 1.14 bits per heavy atom. The first-order valence-electron chi connectivity index (χ1n) is 9.38. The molecular weight excluding hydrogens is 374 g/mol. The van der Waals surface area contributed by atoms with Crippen molar-refractivity contribution < 1.29 is 14.4 Å². The van der Waals surface area contributed by atoms with Crippen molar-refractivity contribution in [2.24, 2.45) is 23.7 Å². The number of likely N-dealkylation sites (tertiary alicyclic amines) is 1. The van der Waals surface area contributed by atoms with E-state index in [4.69, 9.17) is 0 Å². The number of rotatable bonds is 4. The zero-order valence-corrected chi connectivity index (χ0v) is 16.1. The van der Waals surface area contributed by atoms with Gasteiger partial charge in [-0.25, -0.2) is 4.98 Å². The van der Waals surface area contributed by atoms with E-state index in [1.807, 2.05) is 42.6 Å². The van der Waals surface area contributed by atoms with Crippen LogP contribution in [0.3, 0.4) is 0 Å². The minimum atomic E-state index is -0.331. The fourth-order valence-corrected chi connectivity index (χ4v) is 5.55. The number of allylic oxidation sites excluding steroid dienone is 2. The molecule has 0 radical (unpaired) electrons. The molecule has 0 spiro atoms.